The number of nitrogens with zero attached hydrogens (tertiary/aromatic N) is 1. The fourth-order valence-electron chi connectivity index (χ4n) is 2.59. The number of H-pyrrole nitrogens is 1. The highest BCUT2D eigenvalue weighted by Crippen LogP contribution is 2.36. The van der Waals surface area contributed by atoms with Crippen LogP contribution in [-0.2, 0) is 0 Å². The van der Waals surface area contributed by atoms with Gasteiger partial charge in [0.05, 0.1) is 4.90 Å². The number of nitrogens with one attached hydrogen (secondary N) is 2. The Bertz CT molecular complexity index is 868. The third kappa shape index (κ3) is 4.24. The molecular formula is C20H23N3OS. The van der Waals surface area contributed by atoms with E-state index in [4.69, 9.17) is 0 Å². The largest absolute Gasteiger partial charge is 0.350 e. The summed E-state index contributed by atoms with van der Waals surface area (Å²) < 4.78 is 0. The lowest BCUT2D eigenvalue weighted by molar-refractivity contribution is 0.0944. The maximum absolute atomic E-state index is 12.7. The van der Waals surface area contributed by atoms with E-state index < -0.39 is 0 Å². The molecule has 0 saturated heterocycles. The number of carbonyl (C=O) groups is 1. The Kier molecular flexibility index (Phi) is 5.46. The predicted molar refractivity (Wildman–Crippen MR) is 104 cm³/mol. The van der Waals surface area contributed by atoms with Gasteiger partial charge >= 0.3 is 0 Å². The van der Waals surface area contributed by atoms with Gasteiger partial charge in [0.25, 0.3) is 5.91 Å². The fourth-order valence-corrected chi connectivity index (χ4v) is 3.63. The van der Waals surface area contributed by atoms with Gasteiger partial charge in [0.15, 0.2) is 0 Å². The Morgan fingerprint density at radius 1 is 1.12 bits per heavy atom. The van der Waals surface area contributed by atoms with E-state index in [9.17, 15) is 4.79 Å². The zero-order valence-corrected chi connectivity index (χ0v) is 15.6. The van der Waals surface area contributed by atoms with E-state index in [1.807, 2.05) is 37.2 Å². The number of carbonyl (C=O) groups excluding carboxylic acids is 1. The van der Waals surface area contributed by atoms with E-state index in [1.165, 1.54) is 5.56 Å². The zero-order valence-electron chi connectivity index (χ0n) is 14.8. The highest BCUT2D eigenvalue weighted by atomic mass is 32.2. The highest BCUT2D eigenvalue weighted by molar-refractivity contribution is 7.99. The van der Waals surface area contributed by atoms with Crippen LogP contribution in [0.3, 0.4) is 0 Å². The molecule has 4 nitrogen and oxygen atoms in total. The third-order valence-electron chi connectivity index (χ3n) is 3.97. The van der Waals surface area contributed by atoms with Gasteiger partial charge in [0.1, 0.15) is 5.69 Å². The van der Waals surface area contributed by atoms with Crippen LogP contribution in [0.5, 0.6) is 0 Å². The van der Waals surface area contributed by atoms with Crippen LogP contribution < -0.4 is 5.32 Å². The Morgan fingerprint density at radius 3 is 2.56 bits per heavy atom. The lowest BCUT2D eigenvalue weighted by atomic mass is 10.2. The van der Waals surface area contributed by atoms with Gasteiger partial charge in [-0.05, 0) is 39.2 Å². The number of rotatable bonds is 6. The van der Waals surface area contributed by atoms with Crippen LogP contribution in [0.15, 0.2) is 58.3 Å². The van der Waals surface area contributed by atoms with Crippen LogP contribution in [0.1, 0.15) is 16.1 Å². The van der Waals surface area contributed by atoms with Crippen LogP contribution in [0.2, 0.25) is 0 Å². The number of aromatic nitrogens is 1. The summed E-state index contributed by atoms with van der Waals surface area (Å²) >= 11 is 1.62. The van der Waals surface area contributed by atoms with Gasteiger partial charge in [0, 0.05) is 28.9 Å². The van der Waals surface area contributed by atoms with Gasteiger partial charge in [-0.1, -0.05) is 47.7 Å². The third-order valence-corrected chi connectivity index (χ3v) is 5.11. The van der Waals surface area contributed by atoms with Crippen LogP contribution in [0, 0.1) is 6.92 Å². The predicted octanol–water partition coefficient (Wildman–Crippen LogP) is 3.92. The molecule has 0 unspecified atom stereocenters. The van der Waals surface area contributed by atoms with Crippen molar-refractivity contribution in [2.24, 2.45) is 0 Å². The molecule has 1 heterocycles. The average Bonchev–Trinajstić information content (AvgIpc) is 2.95. The van der Waals surface area contributed by atoms with Crippen molar-refractivity contribution in [3.05, 3.63) is 59.8 Å². The molecular weight excluding hydrogens is 330 g/mol. The van der Waals surface area contributed by atoms with E-state index in [1.54, 1.807) is 11.8 Å². The Hall–Kier alpha value is -2.24. The minimum absolute atomic E-state index is 0.0624. The molecule has 0 bridgehead atoms. The summed E-state index contributed by atoms with van der Waals surface area (Å²) in [6.45, 7) is 3.51. The Labute approximate surface area is 152 Å². The molecule has 3 rings (SSSR count). The molecule has 0 aliphatic rings. The molecule has 0 saturated carbocycles. The summed E-state index contributed by atoms with van der Waals surface area (Å²) in [5.74, 6) is -0.0624. The molecule has 5 heteroatoms. The Balaban J connectivity index is 1.91. The molecule has 0 spiro atoms. The van der Waals surface area contributed by atoms with Gasteiger partial charge in [0.2, 0.25) is 0 Å². The summed E-state index contributed by atoms with van der Waals surface area (Å²) in [5, 5.41) is 4.08. The standard InChI is InChI=1S/C20H23N3OS/c1-14-8-10-15(11-9-14)25-19-16-6-4-5-7-17(16)22-18(19)20(24)21-12-13-23(2)3/h4-11,22H,12-13H2,1-3H3,(H,21,24). The van der Waals surface area contributed by atoms with Crippen LogP contribution in [-0.4, -0.2) is 43.0 Å². The van der Waals surface area contributed by atoms with Gasteiger partial charge < -0.3 is 15.2 Å². The minimum atomic E-state index is -0.0624. The fraction of sp³-hybridized carbons (Fsp3) is 0.250. The molecule has 25 heavy (non-hydrogen) atoms. The average molecular weight is 353 g/mol. The minimum Gasteiger partial charge on any atom is -0.350 e. The normalized spacial score (nSPS) is 11.2. The van der Waals surface area contributed by atoms with E-state index in [0.29, 0.717) is 12.2 Å². The number of fused-ring (bicyclic) bond motifs is 1. The lowest BCUT2D eigenvalue weighted by Gasteiger charge is -2.10. The van der Waals surface area contributed by atoms with E-state index in [-0.39, 0.29) is 5.91 Å². The molecule has 0 atom stereocenters. The maximum atomic E-state index is 12.7. The van der Waals surface area contributed by atoms with Gasteiger partial charge in [-0.3, -0.25) is 4.79 Å². The summed E-state index contributed by atoms with van der Waals surface area (Å²) in [5.41, 5.74) is 2.84. The summed E-state index contributed by atoms with van der Waals surface area (Å²) in [7, 11) is 3.99. The second-order valence-corrected chi connectivity index (χ2v) is 7.43. The quantitative estimate of drug-likeness (QED) is 0.706. The number of aromatic amines is 1. The van der Waals surface area contributed by atoms with Crippen molar-refractivity contribution in [3.63, 3.8) is 0 Å². The van der Waals surface area contributed by atoms with Crippen molar-refractivity contribution >= 4 is 28.6 Å². The van der Waals surface area contributed by atoms with Crippen molar-refractivity contribution < 1.29 is 4.79 Å². The Morgan fingerprint density at radius 2 is 1.84 bits per heavy atom. The first kappa shape index (κ1) is 17.6. The molecule has 0 aliphatic heterocycles. The molecule has 0 fully saturated rings. The SMILES string of the molecule is Cc1ccc(Sc2c(C(=O)NCCN(C)C)[nH]c3ccccc23)cc1. The second-order valence-electron chi connectivity index (χ2n) is 6.35. The van der Waals surface area contributed by atoms with Crippen LogP contribution in [0.4, 0.5) is 0 Å². The summed E-state index contributed by atoms with van der Waals surface area (Å²) in [4.78, 5) is 20.1. The van der Waals surface area contributed by atoms with Gasteiger partial charge in [-0.2, -0.15) is 0 Å². The molecule has 2 N–H and O–H groups in total. The first-order valence-electron chi connectivity index (χ1n) is 8.33. The first-order chi connectivity index (χ1) is 12.0. The number of hydrogen-bond acceptors (Lipinski definition) is 3. The van der Waals surface area contributed by atoms with Crippen molar-refractivity contribution in [3.8, 4) is 0 Å². The van der Waals surface area contributed by atoms with Crippen LogP contribution >= 0.6 is 11.8 Å². The number of benzene rings is 2. The second kappa shape index (κ2) is 7.76. The number of likely N-dealkylation sites (N-methyl/N-ethyl adjacent to an activating group) is 1. The molecule has 2 aromatic carbocycles. The topological polar surface area (TPSA) is 48.1 Å². The number of hydrogen-bond donors (Lipinski definition) is 2. The highest BCUT2D eigenvalue weighted by Gasteiger charge is 2.18. The van der Waals surface area contributed by atoms with E-state index in [2.05, 4.69) is 47.6 Å². The van der Waals surface area contributed by atoms with Crippen molar-refractivity contribution in [1.29, 1.82) is 0 Å². The van der Waals surface area contributed by atoms with E-state index >= 15 is 0 Å². The first-order valence-corrected chi connectivity index (χ1v) is 9.14. The number of amides is 1. The van der Waals surface area contributed by atoms with Crippen molar-refractivity contribution in [2.75, 3.05) is 27.2 Å². The molecule has 3 aromatic rings. The van der Waals surface area contributed by atoms with Crippen molar-refractivity contribution in [1.82, 2.24) is 15.2 Å². The van der Waals surface area contributed by atoms with Gasteiger partial charge in [-0.15, -0.1) is 0 Å². The monoisotopic (exact) mass is 353 g/mol. The van der Waals surface area contributed by atoms with Gasteiger partial charge in [-0.25, -0.2) is 0 Å². The molecule has 0 aliphatic carbocycles. The smallest absolute Gasteiger partial charge is 0.268 e. The summed E-state index contributed by atoms with van der Waals surface area (Å²) in [6, 6.07) is 16.4. The van der Waals surface area contributed by atoms with Crippen LogP contribution in [0.25, 0.3) is 10.9 Å². The molecule has 0 radical (unpaired) electrons. The maximum Gasteiger partial charge on any atom is 0.268 e. The number of aryl methyl sites for hydroxylation is 1. The summed E-state index contributed by atoms with van der Waals surface area (Å²) in [6.07, 6.45) is 0. The number of para-hydroxylation sites is 1. The zero-order chi connectivity index (χ0) is 17.8. The van der Waals surface area contributed by atoms with Crippen molar-refractivity contribution in [2.45, 2.75) is 16.7 Å². The molecule has 1 aromatic heterocycles. The lowest BCUT2D eigenvalue weighted by Crippen LogP contribution is -2.31. The molecule has 130 valence electrons. The molecule has 1 amide bonds. The van der Waals surface area contributed by atoms with E-state index in [0.717, 1.165) is 27.2 Å².